The number of H-pyrrole nitrogens is 1. The van der Waals surface area contributed by atoms with Crippen LogP contribution in [0.25, 0.3) is 33.2 Å². The van der Waals surface area contributed by atoms with Gasteiger partial charge in [0.15, 0.2) is 0 Å². The predicted molar refractivity (Wildman–Crippen MR) is 115 cm³/mol. The van der Waals surface area contributed by atoms with Gasteiger partial charge in [0.25, 0.3) is 5.56 Å². The highest BCUT2D eigenvalue weighted by Gasteiger charge is 2.10. The lowest BCUT2D eigenvalue weighted by molar-refractivity contribution is 1.13. The van der Waals surface area contributed by atoms with Crippen molar-refractivity contribution in [2.75, 3.05) is 19.0 Å². The zero-order valence-electron chi connectivity index (χ0n) is 15.2. The molecule has 4 rings (SSSR count). The number of aromatic amines is 1. The lowest BCUT2D eigenvalue weighted by atomic mass is 10.0. The summed E-state index contributed by atoms with van der Waals surface area (Å²) < 4.78 is 0. The van der Waals surface area contributed by atoms with E-state index in [0.717, 1.165) is 33.3 Å². The van der Waals surface area contributed by atoms with Crippen LogP contribution < -0.4 is 10.5 Å². The fourth-order valence-corrected chi connectivity index (χ4v) is 3.49. The van der Waals surface area contributed by atoms with Gasteiger partial charge in [-0.05, 0) is 46.8 Å². The molecule has 0 radical (unpaired) electrons. The summed E-state index contributed by atoms with van der Waals surface area (Å²) in [5, 5.41) is 1.56. The maximum absolute atomic E-state index is 12.5. The van der Waals surface area contributed by atoms with E-state index < -0.39 is 0 Å². The van der Waals surface area contributed by atoms with Gasteiger partial charge in [-0.1, -0.05) is 54.1 Å². The molecule has 1 N–H and O–H groups in total. The normalized spacial score (nSPS) is 10.9. The van der Waals surface area contributed by atoms with Crippen LogP contribution in [0.2, 0.25) is 5.02 Å². The van der Waals surface area contributed by atoms with E-state index in [1.807, 2.05) is 62.6 Å². The average Bonchev–Trinajstić information content (AvgIpc) is 2.68. The maximum Gasteiger partial charge on any atom is 0.256 e. The summed E-state index contributed by atoms with van der Waals surface area (Å²) in [6, 6.07) is 23.7. The van der Waals surface area contributed by atoms with Crippen molar-refractivity contribution in [1.82, 2.24) is 4.98 Å². The second-order valence-corrected chi connectivity index (χ2v) is 7.15. The number of aromatic nitrogens is 1. The second-order valence-electron chi connectivity index (χ2n) is 6.74. The minimum atomic E-state index is -0.118. The Bertz CT molecular complexity index is 1160. The van der Waals surface area contributed by atoms with Crippen LogP contribution in [0.5, 0.6) is 0 Å². The Balaban J connectivity index is 1.86. The summed E-state index contributed by atoms with van der Waals surface area (Å²) in [5.41, 5.74) is 5.28. The van der Waals surface area contributed by atoms with Gasteiger partial charge >= 0.3 is 0 Å². The van der Waals surface area contributed by atoms with Crippen LogP contribution in [0, 0.1) is 0 Å². The molecule has 0 aliphatic rings. The summed E-state index contributed by atoms with van der Waals surface area (Å²) in [4.78, 5) is 17.5. The van der Waals surface area contributed by atoms with Gasteiger partial charge < -0.3 is 9.88 Å². The van der Waals surface area contributed by atoms with E-state index in [1.54, 1.807) is 0 Å². The molecule has 0 saturated heterocycles. The first kappa shape index (κ1) is 17.4. The van der Waals surface area contributed by atoms with Gasteiger partial charge in [0.1, 0.15) is 0 Å². The van der Waals surface area contributed by atoms with E-state index >= 15 is 0 Å². The molecular weight excluding hydrogens is 356 g/mol. The molecule has 0 fully saturated rings. The van der Waals surface area contributed by atoms with E-state index in [-0.39, 0.29) is 5.56 Å². The summed E-state index contributed by atoms with van der Waals surface area (Å²) in [6.45, 7) is 0. The number of anilines is 1. The maximum atomic E-state index is 12.5. The summed E-state index contributed by atoms with van der Waals surface area (Å²) in [5.74, 6) is 0. The molecule has 0 aliphatic carbocycles. The van der Waals surface area contributed by atoms with E-state index in [2.05, 4.69) is 34.1 Å². The Morgan fingerprint density at radius 3 is 2.11 bits per heavy atom. The highest BCUT2D eigenvalue weighted by Crippen LogP contribution is 2.33. The van der Waals surface area contributed by atoms with E-state index in [4.69, 9.17) is 11.6 Å². The number of hydrogen-bond donors (Lipinski definition) is 1. The van der Waals surface area contributed by atoms with Gasteiger partial charge in [-0.2, -0.15) is 0 Å². The first-order valence-corrected chi connectivity index (χ1v) is 9.10. The van der Waals surface area contributed by atoms with Gasteiger partial charge in [-0.3, -0.25) is 4.79 Å². The summed E-state index contributed by atoms with van der Waals surface area (Å²) in [6.07, 6.45) is 0. The number of benzene rings is 3. The molecule has 4 heteroatoms. The predicted octanol–water partition coefficient (Wildman–Crippen LogP) is 5.58. The Morgan fingerprint density at radius 1 is 0.815 bits per heavy atom. The molecule has 0 spiro atoms. The lowest BCUT2D eigenvalue weighted by Gasteiger charge is -2.13. The van der Waals surface area contributed by atoms with Gasteiger partial charge in [-0.25, -0.2) is 0 Å². The van der Waals surface area contributed by atoms with Crippen LogP contribution in [0.4, 0.5) is 5.69 Å². The van der Waals surface area contributed by atoms with Crippen molar-refractivity contribution in [2.24, 2.45) is 0 Å². The topological polar surface area (TPSA) is 36.1 Å². The zero-order valence-corrected chi connectivity index (χ0v) is 15.9. The van der Waals surface area contributed by atoms with Gasteiger partial charge in [0, 0.05) is 36.4 Å². The third-order valence-electron chi connectivity index (χ3n) is 4.71. The van der Waals surface area contributed by atoms with Crippen LogP contribution >= 0.6 is 11.6 Å². The van der Waals surface area contributed by atoms with Crippen LogP contribution in [0.1, 0.15) is 0 Å². The SMILES string of the molecule is CN(C)c1ccc(-c2cc3cc(-c4ccccc4)c(=O)[nH]c3cc2Cl)cc1. The minimum Gasteiger partial charge on any atom is -0.378 e. The quantitative estimate of drug-likeness (QED) is 0.508. The Hall–Kier alpha value is -3.04. The number of nitrogens with zero attached hydrogens (tertiary/aromatic N) is 1. The number of hydrogen-bond acceptors (Lipinski definition) is 2. The Labute approximate surface area is 162 Å². The third-order valence-corrected chi connectivity index (χ3v) is 5.02. The molecule has 1 heterocycles. The molecule has 0 aliphatic heterocycles. The molecule has 1 aromatic heterocycles. The van der Waals surface area contributed by atoms with Crippen molar-refractivity contribution in [3.05, 3.63) is 88.2 Å². The second kappa shape index (κ2) is 6.93. The number of rotatable bonds is 3. The van der Waals surface area contributed by atoms with E-state index in [9.17, 15) is 4.79 Å². The molecule has 0 saturated carbocycles. The van der Waals surface area contributed by atoms with Crippen molar-refractivity contribution in [2.45, 2.75) is 0 Å². The van der Waals surface area contributed by atoms with Crippen LogP contribution in [-0.2, 0) is 0 Å². The Kier molecular flexibility index (Phi) is 4.46. The first-order chi connectivity index (χ1) is 13.0. The van der Waals surface area contributed by atoms with Gasteiger partial charge in [0.05, 0.1) is 5.02 Å². The van der Waals surface area contributed by atoms with Crippen molar-refractivity contribution >= 4 is 28.2 Å². The number of halogens is 1. The van der Waals surface area contributed by atoms with Crippen LogP contribution in [0.15, 0.2) is 77.6 Å². The molecule has 0 bridgehead atoms. The monoisotopic (exact) mass is 374 g/mol. The molecule has 0 unspecified atom stereocenters. The standard InChI is InChI=1S/C23H19ClN2O/c1-26(2)18-10-8-16(9-11-18)19-12-17-13-20(15-6-4-3-5-7-15)23(27)25-22(17)14-21(19)24/h3-14H,1-2H3,(H,25,27). The summed E-state index contributed by atoms with van der Waals surface area (Å²) >= 11 is 6.52. The number of nitrogens with one attached hydrogen (secondary N) is 1. The fourth-order valence-electron chi connectivity index (χ4n) is 3.22. The van der Waals surface area contributed by atoms with E-state index in [0.29, 0.717) is 10.6 Å². The summed E-state index contributed by atoms with van der Waals surface area (Å²) in [7, 11) is 4.03. The van der Waals surface area contributed by atoms with Crippen LogP contribution in [-0.4, -0.2) is 19.1 Å². The first-order valence-electron chi connectivity index (χ1n) is 8.73. The number of fused-ring (bicyclic) bond motifs is 1. The smallest absolute Gasteiger partial charge is 0.256 e. The Morgan fingerprint density at radius 2 is 1.44 bits per heavy atom. The highest BCUT2D eigenvalue weighted by molar-refractivity contribution is 6.34. The molecule has 134 valence electrons. The highest BCUT2D eigenvalue weighted by atomic mass is 35.5. The van der Waals surface area contributed by atoms with Crippen molar-refractivity contribution in [3.8, 4) is 22.3 Å². The van der Waals surface area contributed by atoms with Gasteiger partial charge in [-0.15, -0.1) is 0 Å². The molecule has 4 aromatic rings. The zero-order chi connectivity index (χ0) is 19.0. The minimum absolute atomic E-state index is 0.118. The van der Waals surface area contributed by atoms with Crippen molar-refractivity contribution in [3.63, 3.8) is 0 Å². The molecule has 3 nitrogen and oxygen atoms in total. The molecule has 3 aromatic carbocycles. The van der Waals surface area contributed by atoms with Crippen molar-refractivity contribution in [1.29, 1.82) is 0 Å². The van der Waals surface area contributed by atoms with Crippen LogP contribution in [0.3, 0.4) is 0 Å². The lowest BCUT2D eigenvalue weighted by Crippen LogP contribution is -2.08. The van der Waals surface area contributed by atoms with Crippen molar-refractivity contribution < 1.29 is 0 Å². The number of pyridine rings is 1. The average molecular weight is 375 g/mol. The largest absolute Gasteiger partial charge is 0.378 e. The van der Waals surface area contributed by atoms with E-state index in [1.165, 1.54) is 0 Å². The molecular formula is C23H19ClN2O. The third kappa shape index (κ3) is 3.34. The molecule has 0 amide bonds. The molecule has 27 heavy (non-hydrogen) atoms. The van der Waals surface area contributed by atoms with Gasteiger partial charge in [0.2, 0.25) is 0 Å². The molecule has 0 atom stereocenters. The fraction of sp³-hybridized carbons (Fsp3) is 0.0870.